The number of nitrogens with two attached hydrogens (primary N) is 1. The molecule has 0 bridgehead atoms. The number of nitrogens with one attached hydrogen (secondary N) is 1. The lowest BCUT2D eigenvalue weighted by Gasteiger charge is -2.26. The van der Waals surface area contributed by atoms with E-state index in [9.17, 15) is 0 Å². The van der Waals surface area contributed by atoms with E-state index in [-0.39, 0.29) is 0 Å². The number of piperazine rings is 1. The summed E-state index contributed by atoms with van der Waals surface area (Å²) in [6, 6.07) is 8.28. The van der Waals surface area contributed by atoms with Gasteiger partial charge in [0.25, 0.3) is 0 Å². The first-order valence-corrected chi connectivity index (χ1v) is 6.50. The molecular weight excluding hydrogens is 226 g/mol. The summed E-state index contributed by atoms with van der Waals surface area (Å²) >= 11 is 0. The van der Waals surface area contributed by atoms with E-state index in [2.05, 4.69) is 22.3 Å². The molecular formula is C14H19N3O. The standard InChI is InChI=1S/C14H19N3O/c15-9-12-3-1-2-11-8-13(18-14(11)12)10-17-6-4-16-5-7-17/h1-3,8,16H,4-7,9-10,15H2. The van der Waals surface area contributed by atoms with Crippen molar-refractivity contribution in [2.24, 2.45) is 5.73 Å². The fourth-order valence-electron chi connectivity index (χ4n) is 2.51. The van der Waals surface area contributed by atoms with E-state index in [4.69, 9.17) is 10.2 Å². The first-order valence-electron chi connectivity index (χ1n) is 6.50. The number of rotatable bonds is 3. The van der Waals surface area contributed by atoms with Crippen molar-refractivity contribution >= 4 is 11.0 Å². The fraction of sp³-hybridized carbons (Fsp3) is 0.429. The van der Waals surface area contributed by atoms with E-state index in [1.165, 1.54) is 0 Å². The van der Waals surface area contributed by atoms with Gasteiger partial charge in [-0.05, 0) is 6.07 Å². The van der Waals surface area contributed by atoms with Crippen LogP contribution in [0.15, 0.2) is 28.7 Å². The van der Waals surface area contributed by atoms with Gasteiger partial charge in [-0.15, -0.1) is 0 Å². The Morgan fingerprint density at radius 1 is 1.28 bits per heavy atom. The predicted molar refractivity (Wildman–Crippen MR) is 72.3 cm³/mol. The van der Waals surface area contributed by atoms with Crippen molar-refractivity contribution in [3.8, 4) is 0 Å². The van der Waals surface area contributed by atoms with Gasteiger partial charge >= 0.3 is 0 Å². The maximum Gasteiger partial charge on any atom is 0.138 e. The molecule has 96 valence electrons. The maximum atomic E-state index is 5.95. The Labute approximate surface area is 107 Å². The van der Waals surface area contributed by atoms with Gasteiger partial charge < -0.3 is 15.5 Å². The van der Waals surface area contributed by atoms with E-state index in [1.54, 1.807) is 0 Å². The van der Waals surface area contributed by atoms with Crippen LogP contribution in [0.5, 0.6) is 0 Å². The molecule has 2 aromatic rings. The number of benzene rings is 1. The van der Waals surface area contributed by atoms with Crippen molar-refractivity contribution in [1.82, 2.24) is 10.2 Å². The minimum Gasteiger partial charge on any atom is -0.459 e. The number of furan rings is 1. The normalized spacial score (nSPS) is 17.4. The Morgan fingerprint density at radius 3 is 2.89 bits per heavy atom. The van der Waals surface area contributed by atoms with Gasteiger partial charge in [0.05, 0.1) is 6.54 Å². The molecule has 0 radical (unpaired) electrons. The molecule has 1 aliphatic rings. The second-order valence-corrected chi connectivity index (χ2v) is 4.78. The molecule has 0 amide bonds. The number of hydrogen-bond acceptors (Lipinski definition) is 4. The second-order valence-electron chi connectivity index (χ2n) is 4.78. The van der Waals surface area contributed by atoms with Gasteiger partial charge in [0, 0.05) is 43.7 Å². The van der Waals surface area contributed by atoms with Crippen LogP contribution in [0.1, 0.15) is 11.3 Å². The van der Waals surface area contributed by atoms with Crippen LogP contribution in [-0.4, -0.2) is 31.1 Å². The highest BCUT2D eigenvalue weighted by molar-refractivity contribution is 5.81. The highest BCUT2D eigenvalue weighted by atomic mass is 16.3. The number of hydrogen-bond donors (Lipinski definition) is 2. The highest BCUT2D eigenvalue weighted by Gasteiger charge is 2.13. The molecule has 3 rings (SSSR count). The lowest BCUT2D eigenvalue weighted by molar-refractivity contribution is 0.218. The Kier molecular flexibility index (Phi) is 3.32. The molecule has 18 heavy (non-hydrogen) atoms. The minimum atomic E-state index is 0.526. The van der Waals surface area contributed by atoms with Crippen LogP contribution < -0.4 is 11.1 Å². The molecule has 1 fully saturated rings. The molecule has 0 aliphatic carbocycles. The summed E-state index contributed by atoms with van der Waals surface area (Å²) in [7, 11) is 0. The minimum absolute atomic E-state index is 0.526. The Morgan fingerprint density at radius 2 is 2.11 bits per heavy atom. The molecule has 1 saturated heterocycles. The summed E-state index contributed by atoms with van der Waals surface area (Å²) in [6.07, 6.45) is 0. The molecule has 4 nitrogen and oxygen atoms in total. The number of fused-ring (bicyclic) bond motifs is 1. The van der Waals surface area contributed by atoms with Gasteiger partial charge in [-0.1, -0.05) is 18.2 Å². The van der Waals surface area contributed by atoms with Gasteiger partial charge in [0.1, 0.15) is 11.3 Å². The van der Waals surface area contributed by atoms with E-state index < -0.39 is 0 Å². The largest absolute Gasteiger partial charge is 0.459 e. The smallest absolute Gasteiger partial charge is 0.138 e. The van der Waals surface area contributed by atoms with E-state index in [1.807, 2.05) is 12.1 Å². The molecule has 3 N–H and O–H groups in total. The van der Waals surface area contributed by atoms with Crippen LogP contribution in [0.2, 0.25) is 0 Å². The lowest BCUT2D eigenvalue weighted by atomic mass is 10.1. The van der Waals surface area contributed by atoms with Crippen molar-refractivity contribution in [2.75, 3.05) is 26.2 Å². The summed E-state index contributed by atoms with van der Waals surface area (Å²) in [6.45, 7) is 5.71. The molecule has 0 spiro atoms. The average Bonchev–Trinajstić information content (AvgIpc) is 2.82. The number of nitrogens with zero attached hydrogens (tertiary/aromatic N) is 1. The topological polar surface area (TPSA) is 54.4 Å². The zero-order valence-electron chi connectivity index (χ0n) is 10.5. The van der Waals surface area contributed by atoms with Crippen LogP contribution in [0.3, 0.4) is 0 Å². The van der Waals surface area contributed by atoms with E-state index >= 15 is 0 Å². The van der Waals surface area contributed by atoms with Crippen molar-refractivity contribution in [2.45, 2.75) is 13.1 Å². The lowest BCUT2D eigenvalue weighted by Crippen LogP contribution is -2.42. The molecule has 0 saturated carbocycles. The molecule has 1 aromatic heterocycles. The molecule has 0 unspecified atom stereocenters. The summed E-state index contributed by atoms with van der Waals surface area (Å²) < 4.78 is 5.95. The van der Waals surface area contributed by atoms with Crippen molar-refractivity contribution in [3.05, 3.63) is 35.6 Å². The zero-order valence-corrected chi connectivity index (χ0v) is 10.5. The van der Waals surface area contributed by atoms with Crippen LogP contribution in [0, 0.1) is 0 Å². The zero-order chi connectivity index (χ0) is 12.4. The predicted octanol–water partition coefficient (Wildman–Crippen LogP) is 1.30. The third-order valence-electron chi connectivity index (χ3n) is 3.49. The summed E-state index contributed by atoms with van der Waals surface area (Å²) in [5, 5.41) is 4.51. The van der Waals surface area contributed by atoms with Gasteiger partial charge in [-0.25, -0.2) is 0 Å². The third-order valence-corrected chi connectivity index (χ3v) is 3.49. The van der Waals surface area contributed by atoms with Gasteiger partial charge in [0.15, 0.2) is 0 Å². The second kappa shape index (κ2) is 5.10. The maximum absolute atomic E-state index is 5.95. The monoisotopic (exact) mass is 245 g/mol. The molecule has 2 heterocycles. The average molecular weight is 245 g/mol. The van der Waals surface area contributed by atoms with Gasteiger partial charge in [-0.3, -0.25) is 4.90 Å². The van der Waals surface area contributed by atoms with Crippen molar-refractivity contribution < 1.29 is 4.42 Å². The van der Waals surface area contributed by atoms with E-state index in [0.29, 0.717) is 6.54 Å². The van der Waals surface area contributed by atoms with E-state index in [0.717, 1.165) is 55.0 Å². The van der Waals surface area contributed by atoms with Crippen LogP contribution in [-0.2, 0) is 13.1 Å². The molecule has 1 aromatic carbocycles. The van der Waals surface area contributed by atoms with Gasteiger partial charge in [-0.2, -0.15) is 0 Å². The SMILES string of the molecule is NCc1cccc2cc(CN3CCNCC3)oc12. The molecule has 1 aliphatic heterocycles. The van der Waals surface area contributed by atoms with Crippen LogP contribution in [0.25, 0.3) is 11.0 Å². The van der Waals surface area contributed by atoms with Crippen molar-refractivity contribution in [1.29, 1.82) is 0 Å². The van der Waals surface area contributed by atoms with Crippen molar-refractivity contribution in [3.63, 3.8) is 0 Å². The third kappa shape index (κ3) is 2.27. The van der Waals surface area contributed by atoms with Crippen LogP contribution >= 0.6 is 0 Å². The summed E-state index contributed by atoms with van der Waals surface area (Å²) in [4.78, 5) is 2.41. The number of para-hydroxylation sites is 1. The Bertz CT molecular complexity index is 529. The molecule has 0 atom stereocenters. The molecule has 4 heteroatoms. The first kappa shape index (κ1) is 11.7. The fourth-order valence-corrected chi connectivity index (χ4v) is 2.51. The Hall–Kier alpha value is -1.36. The Balaban J connectivity index is 1.84. The quantitative estimate of drug-likeness (QED) is 0.855. The van der Waals surface area contributed by atoms with Crippen LogP contribution in [0.4, 0.5) is 0 Å². The highest BCUT2D eigenvalue weighted by Crippen LogP contribution is 2.23. The van der Waals surface area contributed by atoms with Gasteiger partial charge in [0.2, 0.25) is 0 Å². The summed E-state index contributed by atoms with van der Waals surface area (Å²) in [5.41, 5.74) is 7.76. The first-order chi connectivity index (χ1) is 8.86. The summed E-state index contributed by atoms with van der Waals surface area (Å²) in [5.74, 6) is 1.04.